The molecule has 0 spiro atoms. The molecular formula is C20H18FNO2S. The second-order valence-electron chi connectivity index (χ2n) is 6.09. The summed E-state index contributed by atoms with van der Waals surface area (Å²) in [5.41, 5.74) is 3.33. The Labute approximate surface area is 150 Å². The van der Waals surface area contributed by atoms with Crippen molar-refractivity contribution in [1.82, 2.24) is 0 Å². The third kappa shape index (κ3) is 3.34. The van der Waals surface area contributed by atoms with Crippen LogP contribution in [0.15, 0.2) is 52.9 Å². The lowest BCUT2D eigenvalue weighted by Gasteiger charge is -2.28. The maximum atomic E-state index is 13.8. The summed E-state index contributed by atoms with van der Waals surface area (Å²) in [6.45, 7) is 3.32. The number of ketones is 1. The summed E-state index contributed by atoms with van der Waals surface area (Å²) < 4.78 is 19.2. The number of thioether (sulfide) groups is 1. The Morgan fingerprint density at radius 1 is 1.08 bits per heavy atom. The molecule has 2 aliphatic rings. The van der Waals surface area contributed by atoms with Crippen LogP contribution in [0.1, 0.15) is 15.9 Å². The fourth-order valence-corrected chi connectivity index (χ4v) is 4.17. The van der Waals surface area contributed by atoms with Crippen LogP contribution in [0.2, 0.25) is 0 Å². The van der Waals surface area contributed by atoms with Crippen LogP contribution in [0.5, 0.6) is 0 Å². The summed E-state index contributed by atoms with van der Waals surface area (Å²) in [4.78, 5) is 15.4. The van der Waals surface area contributed by atoms with Crippen molar-refractivity contribution in [1.29, 1.82) is 0 Å². The summed E-state index contributed by atoms with van der Waals surface area (Å²) in [7, 11) is 0. The van der Waals surface area contributed by atoms with E-state index in [4.69, 9.17) is 4.74 Å². The van der Waals surface area contributed by atoms with E-state index in [2.05, 4.69) is 17.0 Å². The molecule has 0 unspecified atom stereocenters. The van der Waals surface area contributed by atoms with Gasteiger partial charge in [0.05, 0.1) is 18.1 Å². The molecule has 0 saturated carbocycles. The predicted molar refractivity (Wildman–Crippen MR) is 98.9 cm³/mol. The normalized spacial score (nSPS) is 19.2. The standard InChI is InChI=1S/C20H18FNO2S/c21-18-3-1-2-17-19(23)15(13-25-20(17)18)12-14-4-6-16(7-5-14)22-8-10-24-11-9-22/h1-7,12H,8-11,13H2/b15-12-. The number of hydrogen-bond acceptors (Lipinski definition) is 4. The number of Topliss-reactive ketones (excluding diaryl/α,β-unsaturated/α-hetero) is 1. The molecule has 2 heterocycles. The minimum atomic E-state index is -0.315. The minimum Gasteiger partial charge on any atom is -0.378 e. The highest BCUT2D eigenvalue weighted by atomic mass is 32.2. The average Bonchev–Trinajstić information content (AvgIpc) is 2.66. The molecule has 128 valence electrons. The molecule has 2 aliphatic heterocycles. The van der Waals surface area contributed by atoms with Crippen molar-refractivity contribution in [3.63, 3.8) is 0 Å². The zero-order valence-electron chi connectivity index (χ0n) is 13.7. The summed E-state index contributed by atoms with van der Waals surface area (Å²) in [5, 5.41) is 0. The molecule has 2 aromatic carbocycles. The van der Waals surface area contributed by atoms with Gasteiger partial charge in [0.1, 0.15) is 5.82 Å². The van der Waals surface area contributed by atoms with E-state index in [1.165, 1.54) is 23.5 Å². The second kappa shape index (κ2) is 7.02. The van der Waals surface area contributed by atoms with Crippen LogP contribution in [0.25, 0.3) is 6.08 Å². The number of ether oxygens (including phenoxy) is 1. The molecule has 3 nitrogen and oxygen atoms in total. The third-order valence-electron chi connectivity index (χ3n) is 4.49. The van der Waals surface area contributed by atoms with Crippen LogP contribution in [0.3, 0.4) is 0 Å². The van der Waals surface area contributed by atoms with Crippen LogP contribution in [-0.2, 0) is 4.74 Å². The van der Waals surface area contributed by atoms with Gasteiger partial charge in [-0.05, 0) is 35.9 Å². The maximum Gasteiger partial charge on any atom is 0.191 e. The Morgan fingerprint density at radius 3 is 2.60 bits per heavy atom. The lowest BCUT2D eigenvalue weighted by molar-refractivity contribution is 0.103. The van der Waals surface area contributed by atoms with Gasteiger partial charge in [-0.1, -0.05) is 18.2 Å². The lowest BCUT2D eigenvalue weighted by Crippen LogP contribution is -2.36. The van der Waals surface area contributed by atoms with Crippen molar-refractivity contribution in [2.45, 2.75) is 4.90 Å². The van der Waals surface area contributed by atoms with Gasteiger partial charge in [0.2, 0.25) is 0 Å². The smallest absolute Gasteiger partial charge is 0.191 e. The van der Waals surface area contributed by atoms with Crippen molar-refractivity contribution in [3.8, 4) is 0 Å². The SMILES string of the molecule is O=C1/C(=C\c2ccc(N3CCOCC3)cc2)CSc2c(F)cccc21. The fraction of sp³-hybridized carbons (Fsp3) is 0.250. The first-order chi connectivity index (χ1) is 12.2. The van der Waals surface area contributed by atoms with E-state index in [-0.39, 0.29) is 11.6 Å². The Bertz CT molecular complexity index is 826. The number of hydrogen-bond donors (Lipinski definition) is 0. The molecule has 5 heteroatoms. The first kappa shape index (κ1) is 16.4. The summed E-state index contributed by atoms with van der Waals surface area (Å²) in [6, 6.07) is 12.9. The number of nitrogens with zero attached hydrogens (tertiary/aromatic N) is 1. The Kier molecular flexibility index (Phi) is 4.59. The van der Waals surface area contributed by atoms with Crippen LogP contribution in [0, 0.1) is 5.82 Å². The number of anilines is 1. The van der Waals surface area contributed by atoms with Crippen LogP contribution >= 0.6 is 11.8 Å². The Morgan fingerprint density at radius 2 is 1.84 bits per heavy atom. The Hall–Kier alpha value is -2.11. The van der Waals surface area contributed by atoms with E-state index in [1.54, 1.807) is 12.1 Å². The number of benzene rings is 2. The second-order valence-corrected chi connectivity index (χ2v) is 7.08. The number of rotatable bonds is 2. The molecule has 0 amide bonds. The van der Waals surface area contributed by atoms with Gasteiger partial charge >= 0.3 is 0 Å². The van der Waals surface area contributed by atoms with Gasteiger partial charge in [0, 0.05) is 35.7 Å². The maximum absolute atomic E-state index is 13.8. The monoisotopic (exact) mass is 355 g/mol. The van der Waals surface area contributed by atoms with Gasteiger partial charge in [-0.2, -0.15) is 0 Å². The minimum absolute atomic E-state index is 0.0782. The average molecular weight is 355 g/mol. The van der Waals surface area contributed by atoms with Crippen molar-refractivity contribution in [2.24, 2.45) is 0 Å². The Balaban J connectivity index is 1.56. The topological polar surface area (TPSA) is 29.5 Å². The van der Waals surface area contributed by atoms with Gasteiger partial charge in [-0.3, -0.25) is 4.79 Å². The van der Waals surface area contributed by atoms with E-state index in [1.807, 2.05) is 18.2 Å². The molecule has 25 heavy (non-hydrogen) atoms. The molecule has 0 aliphatic carbocycles. The fourth-order valence-electron chi connectivity index (χ4n) is 3.13. The van der Waals surface area contributed by atoms with Gasteiger partial charge in [-0.25, -0.2) is 4.39 Å². The van der Waals surface area contributed by atoms with Gasteiger partial charge in [0.25, 0.3) is 0 Å². The molecule has 0 atom stereocenters. The summed E-state index contributed by atoms with van der Waals surface area (Å²) >= 11 is 1.39. The van der Waals surface area contributed by atoms with E-state index in [0.29, 0.717) is 21.8 Å². The first-order valence-corrected chi connectivity index (χ1v) is 9.30. The number of halogens is 1. The summed E-state index contributed by atoms with van der Waals surface area (Å²) in [6.07, 6.45) is 1.91. The van der Waals surface area contributed by atoms with Crippen molar-refractivity contribution < 1.29 is 13.9 Å². The van der Waals surface area contributed by atoms with Gasteiger partial charge < -0.3 is 9.64 Å². The highest BCUT2D eigenvalue weighted by molar-refractivity contribution is 7.99. The highest BCUT2D eigenvalue weighted by Gasteiger charge is 2.24. The molecule has 0 N–H and O–H groups in total. The van der Waals surface area contributed by atoms with Crippen LogP contribution < -0.4 is 4.90 Å². The third-order valence-corrected chi connectivity index (χ3v) is 5.64. The van der Waals surface area contributed by atoms with E-state index >= 15 is 0 Å². The quantitative estimate of drug-likeness (QED) is 0.761. The highest BCUT2D eigenvalue weighted by Crippen LogP contribution is 2.35. The predicted octanol–water partition coefficient (Wildman–Crippen LogP) is 4.03. The van der Waals surface area contributed by atoms with Crippen LogP contribution in [0.4, 0.5) is 10.1 Å². The molecule has 1 fully saturated rings. The van der Waals surface area contributed by atoms with E-state index in [0.717, 1.165) is 31.9 Å². The van der Waals surface area contributed by atoms with Crippen molar-refractivity contribution in [2.75, 3.05) is 37.0 Å². The number of carbonyl (C=O) groups is 1. The molecular weight excluding hydrogens is 337 g/mol. The zero-order chi connectivity index (χ0) is 17.2. The van der Waals surface area contributed by atoms with Gasteiger partial charge in [-0.15, -0.1) is 11.8 Å². The van der Waals surface area contributed by atoms with E-state index < -0.39 is 0 Å². The number of fused-ring (bicyclic) bond motifs is 1. The molecule has 4 rings (SSSR count). The summed E-state index contributed by atoms with van der Waals surface area (Å²) in [5.74, 6) is 0.105. The zero-order valence-corrected chi connectivity index (χ0v) is 14.5. The first-order valence-electron chi connectivity index (χ1n) is 8.32. The van der Waals surface area contributed by atoms with E-state index in [9.17, 15) is 9.18 Å². The molecule has 0 bridgehead atoms. The molecule has 1 saturated heterocycles. The molecule has 2 aromatic rings. The molecule has 0 aromatic heterocycles. The van der Waals surface area contributed by atoms with Crippen molar-refractivity contribution >= 4 is 29.3 Å². The molecule has 0 radical (unpaired) electrons. The number of morpholine rings is 1. The van der Waals surface area contributed by atoms with Crippen LogP contribution in [-0.4, -0.2) is 37.8 Å². The largest absolute Gasteiger partial charge is 0.378 e. The van der Waals surface area contributed by atoms with Crippen molar-refractivity contribution in [3.05, 3.63) is 65.0 Å². The van der Waals surface area contributed by atoms with Gasteiger partial charge in [0.15, 0.2) is 5.78 Å². The lowest BCUT2D eigenvalue weighted by atomic mass is 10.0. The number of carbonyl (C=O) groups excluding carboxylic acids is 1.